The number of pyridine rings is 1. The van der Waals surface area contributed by atoms with Gasteiger partial charge >= 0.3 is 0 Å². The number of rotatable bonds is 6. The fraction of sp³-hybridized carbons (Fsp3) is 0.500. The van der Waals surface area contributed by atoms with Gasteiger partial charge in [0.25, 0.3) is 0 Å². The summed E-state index contributed by atoms with van der Waals surface area (Å²) in [5.41, 5.74) is 1.78. The van der Waals surface area contributed by atoms with Crippen molar-refractivity contribution in [1.29, 1.82) is 0 Å². The minimum Gasteiger partial charge on any atom is -0.494 e. The van der Waals surface area contributed by atoms with Crippen LogP contribution in [0.25, 0.3) is 10.9 Å². The Kier molecular flexibility index (Phi) is 6.63. The Balaban J connectivity index is 1.49. The molecule has 140 valence electrons. The quantitative estimate of drug-likeness (QED) is 0.596. The van der Waals surface area contributed by atoms with Gasteiger partial charge < -0.3 is 20.3 Å². The van der Waals surface area contributed by atoms with Crippen molar-refractivity contribution in [3.63, 3.8) is 0 Å². The van der Waals surface area contributed by atoms with Crippen LogP contribution in [0.5, 0.6) is 5.75 Å². The smallest absolute Gasteiger partial charge is 0.170 e. The number of ether oxygens (including phenoxy) is 1. The van der Waals surface area contributed by atoms with Crippen molar-refractivity contribution in [2.45, 2.75) is 26.2 Å². The number of thiocarbonyl (C=S) groups is 1. The Labute approximate surface area is 161 Å². The van der Waals surface area contributed by atoms with E-state index in [-0.39, 0.29) is 0 Å². The molecule has 5 nitrogen and oxygen atoms in total. The molecule has 1 aromatic carbocycles. The van der Waals surface area contributed by atoms with Gasteiger partial charge in [0.2, 0.25) is 0 Å². The summed E-state index contributed by atoms with van der Waals surface area (Å²) >= 11 is 5.46. The predicted molar refractivity (Wildman–Crippen MR) is 112 cm³/mol. The van der Waals surface area contributed by atoms with Crippen molar-refractivity contribution < 1.29 is 4.74 Å². The van der Waals surface area contributed by atoms with Gasteiger partial charge in [-0.15, -0.1) is 0 Å². The lowest BCUT2D eigenvalue weighted by atomic mass is 9.99. The van der Waals surface area contributed by atoms with E-state index in [2.05, 4.69) is 27.4 Å². The van der Waals surface area contributed by atoms with Crippen molar-refractivity contribution in [1.82, 2.24) is 15.2 Å². The first-order valence-electron chi connectivity index (χ1n) is 9.36. The first-order chi connectivity index (χ1) is 12.7. The molecular weight excluding hydrogens is 344 g/mol. The van der Waals surface area contributed by atoms with Crippen LogP contribution in [0.15, 0.2) is 30.5 Å². The van der Waals surface area contributed by atoms with E-state index in [4.69, 9.17) is 17.0 Å². The summed E-state index contributed by atoms with van der Waals surface area (Å²) in [6.45, 7) is 6.83. The molecule has 0 atom stereocenters. The Morgan fingerprint density at radius 2 is 2.12 bits per heavy atom. The topological polar surface area (TPSA) is 49.4 Å². The zero-order valence-corrected chi connectivity index (χ0v) is 16.4. The van der Waals surface area contributed by atoms with Crippen molar-refractivity contribution >= 4 is 33.9 Å². The molecule has 26 heavy (non-hydrogen) atoms. The van der Waals surface area contributed by atoms with Crippen molar-refractivity contribution in [3.8, 4) is 5.75 Å². The molecule has 1 aromatic heterocycles. The minimum atomic E-state index is 0.646. The summed E-state index contributed by atoms with van der Waals surface area (Å²) in [4.78, 5) is 6.97. The van der Waals surface area contributed by atoms with Crippen molar-refractivity contribution in [3.05, 3.63) is 30.5 Å². The molecule has 0 spiro atoms. The summed E-state index contributed by atoms with van der Waals surface area (Å²) in [5.74, 6) is 1.65. The SMILES string of the molecule is COc1ccc(NC(=S)NCCCN2CCC(C)CC2)c2cccnc12. The van der Waals surface area contributed by atoms with Crippen molar-refractivity contribution in [2.75, 3.05) is 38.6 Å². The van der Waals surface area contributed by atoms with Crippen LogP contribution in [0.4, 0.5) is 5.69 Å². The van der Waals surface area contributed by atoms with Crippen LogP contribution in [0.1, 0.15) is 26.2 Å². The molecule has 1 saturated heterocycles. The molecule has 1 fully saturated rings. The number of fused-ring (bicyclic) bond motifs is 1. The molecule has 2 aromatic rings. The molecule has 0 bridgehead atoms. The highest BCUT2D eigenvalue weighted by Gasteiger charge is 2.14. The van der Waals surface area contributed by atoms with Gasteiger partial charge in [0, 0.05) is 23.8 Å². The third-order valence-corrected chi connectivity index (χ3v) is 5.26. The second-order valence-electron chi connectivity index (χ2n) is 6.97. The van der Waals surface area contributed by atoms with E-state index in [1.807, 2.05) is 24.3 Å². The first kappa shape index (κ1) is 18.9. The molecule has 0 saturated carbocycles. The lowest BCUT2D eigenvalue weighted by Gasteiger charge is -2.30. The van der Waals surface area contributed by atoms with E-state index in [1.165, 1.54) is 25.9 Å². The fourth-order valence-corrected chi connectivity index (χ4v) is 3.59. The van der Waals surface area contributed by atoms with Crippen LogP contribution in [0, 0.1) is 5.92 Å². The number of anilines is 1. The van der Waals surface area contributed by atoms with Crippen LogP contribution in [0.2, 0.25) is 0 Å². The second-order valence-corrected chi connectivity index (χ2v) is 7.38. The summed E-state index contributed by atoms with van der Waals surface area (Å²) in [5, 5.41) is 8.25. The highest BCUT2D eigenvalue weighted by atomic mass is 32.1. The van der Waals surface area contributed by atoms with Crippen LogP contribution in [-0.4, -0.2) is 48.3 Å². The number of nitrogens with one attached hydrogen (secondary N) is 2. The minimum absolute atomic E-state index is 0.646. The van der Waals surface area contributed by atoms with Gasteiger partial charge in [-0.3, -0.25) is 4.98 Å². The molecule has 2 N–H and O–H groups in total. The maximum Gasteiger partial charge on any atom is 0.170 e. The number of piperidine rings is 1. The Morgan fingerprint density at radius 3 is 2.88 bits per heavy atom. The van der Waals surface area contributed by atoms with Crippen LogP contribution in [0.3, 0.4) is 0 Å². The average Bonchev–Trinajstić information content (AvgIpc) is 2.67. The first-order valence-corrected chi connectivity index (χ1v) is 9.77. The van der Waals surface area contributed by atoms with Crippen LogP contribution in [-0.2, 0) is 0 Å². The number of hydrogen-bond donors (Lipinski definition) is 2. The van der Waals surface area contributed by atoms with Crippen LogP contribution < -0.4 is 15.4 Å². The van der Waals surface area contributed by atoms with Gasteiger partial charge in [0.1, 0.15) is 11.3 Å². The number of likely N-dealkylation sites (tertiary alicyclic amines) is 1. The third kappa shape index (κ3) is 4.83. The summed E-state index contributed by atoms with van der Waals surface area (Å²) in [6, 6.07) is 7.83. The Morgan fingerprint density at radius 1 is 1.31 bits per heavy atom. The van der Waals surface area contributed by atoms with E-state index < -0.39 is 0 Å². The van der Waals surface area contributed by atoms with E-state index in [9.17, 15) is 0 Å². The standard InChI is InChI=1S/C20H28N4OS/c1-15-8-13-24(14-9-15)12-4-11-22-20(26)23-17-6-7-18(25-2)19-16(17)5-3-10-21-19/h3,5-7,10,15H,4,8-9,11-14H2,1-2H3,(H2,22,23,26). The van der Waals surface area contributed by atoms with Crippen LogP contribution >= 0.6 is 12.2 Å². The molecule has 2 heterocycles. The number of hydrogen-bond acceptors (Lipinski definition) is 4. The lowest BCUT2D eigenvalue weighted by molar-refractivity contribution is 0.191. The molecule has 0 aliphatic carbocycles. The average molecular weight is 373 g/mol. The van der Waals surface area contributed by atoms with Gasteiger partial charge in [0.05, 0.1) is 7.11 Å². The number of nitrogens with zero attached hydrogens (tertiary/aromatic N) is 2. The molecule has 1 aliphatic heterocycles. The highest BCUT2D eigenvalue weighted by Crippen LogP contribution is 2.29. The zero-order valence-electron chi connectivity index (χ0n) is 15.6. The zero-order chi connectivity index (χ0) is 18.4. The summed E-state index contributed by atoms with van der Waals surface area (Å²) in [6.07, 6.45) is 5.52. The van der Waals surface area contributed by atoms with Gasteiger partial charge in [-0.05, 0) is 81.3 Å². The van der Waals surface area contributed by atoms with E-state index in [0.29, 0.717) is 5.11 Å². The second kappa shape index (κ2) is 9.14. The van der Waals surface area contributed by atoms with E-state index >= 15 is 0 Å². The molecular formula is C20H28N4OS. The summed E-state index contributed by atoms with van der Waals surface area (Å²) in [7, 11) is 1.66. The maximum atomic E-state index is 5.46. The van der Waals surface area contributed by atoms with Gasteiger partial charge in [-0.2, -0.15) is 0 Å². The van der Waals surface area contributed by atoms with Gasteiger partial charge in [-0.25, -0.2) is 0 Å². The number of aromatic nitrogens is 1. The third-order valence-electron chi connectivity index (χ3n) is 5.01. The normalized spacial score (nSPS) is 15.8. The monoisotopic (exact) mass is 372 g/mol. The molecule has 6 heteroatoms. The lowest BCUT2D eigenvalue weighted by Crippen LogP contribution is -2.36. The van der Waals surface area contributed by atoms with Gasteiger partial charge in [-0.1, -0.05) is 6.92 Å². The summed E-state index contributed by atoms with van der Waals surface area (Å²) < 4.78 is 5.39. The Hall–Kier alpha value is -1.92. The highest BCUT2D eigenvalue weighted by molar-refractivity contribution is 7.80. The molecule has 0 unspecified atom stereocenters. The van der Waals surface area contributed by atoms with Crippen molar-refractivity contribution in [2.24, 2.45) is 5.92 Å². The number of methoxy groups -OCH3 is 1. The fourth-order valence-electron chi connectivity index (χ4n) is 3.38. The molecule has 1 aliphatic rings. The van der Waals surface area contributed by atoms with E-state index in [1.54, 1.807) is 13.3 Å². The van der Waals surface area contributed by atoms with Gasteiger partial charge in [0.15, 0.2) is 5.11 Å². The number of benzene rings is 1. The largest absolute Gasteiger partial charge is 0.494 e. The molecule has 0 amide bonds. The Bertz CT molecular complexity index is 744. The van der Waals surface area contributed by atoms with E-state index in [0.717, 1.165) is 47.8 Å². The maximum absolute atomic E-state index is 5.46. The molecule has 0 radical (unpaired) electrons. The predicted octanol–water partition coefficient (Wildman–Crippen LogP) is 3.65. The molecule has 3 rings (SSSR count).